The van der Waals surface area contributed by atoms with Gasteiger partial charge in [-0.2, -0.15) is 0 Å². The third-order valence-electron chi connectivity index (χ3n) is 3.28. The lowest BCUT2D eigenvalue weighted by Crippen LogP contribution is -2.34. The van der Waals surface area contributed by atoms with E-state index in [1.807, 2.05) is 20.8 Å². The number of nitrogens with zero attached hydrogens (tertiary/aromatic N) is 1. The van der Waals surface area contributed by atoms with Gasteiger partial charge in [-0.05, 0) is 46.2 Å². The van der Waals surface area contributed by atoms with E-state index in [0.29, 0.717) is 6.47 Å². The molecule has 0 saturated carbocycles. The Morgan fingerprint density at radius 1 is 1.40 bits per heavy atom. The molecule has 1 atom stereocenters. The monoisotopic (exact) mass is 352 g/mol. The topological polar surface area (TPSA) is 108 Å². The molecule has 0 spiro atoms. The second kappa shape index (κ2) is 9.73. The molecular weight excluding hydrogens is 328 g/mol. The highest BCUT2D eigenvalue weighted by molar-refractivity contribution is 5.85. The Balaban J connectivity index is 0.000000381. The summed E-state index contributed by atoms with van der Waals surface area (Å²) < 4.78 is 9.79. The number of para-hydroxylation sites is 2. The molecule has 0 radical (unpaired) electrons. The molecule has 1 saturated heterocycles. The first-order valence-electron chi connectivity index (χ1n) is 7.98. The van der Waals surface area contributed by atoms with Gasteiger partial charge in [0, 0.05) is 6.07 Å². The minimum absolute atomic E-state index is 0.0642. The van der Waals surface area contributed by atoms with E-state index in [9.17, 15) is 19.7 Å². The predicted molar refractivity (Wildman–Crippen MR) is 91.5 cm³/mol. The van der Waals surface area contributed by atoms with Crippen LogP contribution in [0.5, 0.6) is 5.75 Å². The number of benzene rings is 1. The summed E-state index contributed by atoms with van der Waals surface area (Å²) in [6, 6.07) is 5.88. The highest BCUT2D eigenvalue weighted by Crippen LogP contribution is 2.25. The van der Waals surface area contributed by atoms with Crippen LogP contribution in [0.3, 0.4) is 0 Å². The summed E-state index contributed by atoms with van der Waals surface area (Å²) in [6.45, 7) is 6.62. The molecule has 1 fully saturated rings. The Hall–Kier alpha value is -2.48. The molecule has 25 heavy (non-hydrogen) atoms. The number of ether oxygens (including phenoxy) is 2. The molecule has 0 aromatic heterocycles. The summed E-state index contributed by atoms with van der Waals surface area (Å²) in [6.07, 6.45) is 1.78. The van der Waals surface area contributed by atoms with Crippen LogP contribution in [-0.4, -0.2) is 42.0 Å². The lowest BCUT2D eigenvalue weighted by atomic mass is 10.1. The zero-order valence-corrected chi connectivity index (χ0v) is 14.7. The van der Waals surface area contributed by atoms with Crippen molar-refractivity contribution >= 4 is 17.9 Å². The van der Waals surface area contributed by atoms with Crippen LogP contribution in [0.2, 0.25) is 0 Å². The van der Waals surface area contributed by atoms with E-state index in [-0.39, 0.29) is 35.5 Å². The number of hydrogen-bond donors (Lipinski definition) is 1. The van der Waals surface area contributed by atoms with Crippen molar-refractivity contribution in [2.24, 2.45) is 0 Å². The van der Waals surface area contributed by atoms with Crippen LogP contribution in [0.4, 0.5) is 5.69 Å². The van der Waals surface area contributed by atoms with Crippen molar-refractivity contribution in [1.82, 2.24) is 5.32 Å². The molecule has 0 bridgehead atoms. The molecule has 0 amide bonds. The number of carbonyl (C=O) groups excluding carboxylic acids is 2. The summed E-state index contributed by atoms with van der Waals surface area (Å²) >= 11 is 0. The average Bonchev–Trinajstić information content (AvgIpc) is 3.06. The summed E-state index contributed by atoms with van der Waals surface area (Å²) in [5, 5.41) is 13.8. The Labute approximate surface area is 146 Å². The van der Waals surface area contributed by atoms with Crippen molar-refractivity contribution in [3.63, 3.8) is 0 Å². The molecule has 0 aliphatic carbocycles. The molecule has 2 rings (SSSR count). The molecule has 8 nitrogen and oxygen atoms in total. The fourth-order valence-electron chi connectivity index (χ4n) is 2.08. The number of ketones is 1. The van der Waals surface area contributed by atoms with Gasteiger partial charge in [0.15, 0.2) is 11.5 Å². The number of carbonyl (C=O) groups is 2. The van der Waals surface area contributed by atoms with Crippen LogP contribution in [-0.2, 0) is 14.3 Å². The van der Waals surface area contributed by atoms with Gasteiger partial charge in [0.05, 0.1) is 11.0 Å². The normalized spacial score (nSPS) is 16.4. The van der Waals surface area contributed by atoms with Crippen molar-refractivity contribution < 1.29 is 24.0 Å². The van der Waals surface area contributed by atoms with Gasteiger partial charge in [-0.3, -0.25) is 19.7 Å². The first kappa shape index (κ1) is 20.6. The van der Waals surface area contributed by atoms with Crippen molar-refractivity contribution in [2.75, 3.05) is 13.2 Å². The second-order valence-corrected chi connectivity index (χ2v) is 6.46. The van der Waals surface area contributed by atoms with E-state index in [1.54, 1.807) is 12.1 Å². The zero-order valence-electron chi connectivity index (χ0n) is 14.7. The Morgan fingerprint density at radius 3 is 2.56 bits per heavy atom. The number of nitrogens with one attached hydrogen (secondary N) is 1. The first-order chi connectivity index (χ1) is 11.7. The molecular formula is C17H24N2O6. The SMILES string of the molecule is CC(C)(C)OC=O.O=C(COc1ccccc1[N+](=O)[O-])C1CCCN1. The van der Waals surface area contributed by atoms with E-state index in [1.165, 1.54) is 12.1 Å². The van der Waals surface area contributed by atoms with Gasteiger partial charge in [0.2, 0.25) is 0 Å². The molecule has 1 aromatic carbocycles. The summed E-state index contributed by atoms with van der Waals surface area (Å²) in [4.78, 5) is 31.6. The van der Waals surface area contributed by atoms with Gasteiger partial charge in [0.25, 0.3) is 6.47 Å². The van der Waals surface area contributed by atoms with Gasteiger partial charge in [-0.25, -0.2) is 0 Å². The Kier molecular flexibility index (Phi) is 8.00. The number of Topliss-reactive ketones (excluding diaryl/α,β-unsaturated/α-hetero) is 1. The maximum Gasteiger partial charge on any atom is 0.310 e. The van der Waals surface area contributed by atoms with Gasteiger partial charge in [-0.15, -0.1) is 0 Å². The lowest BCUT2D eigenvalue weighted by Gasteiger charge is -2.14. The fourth-order valence-corrected chi connectivity index (χ4v) is 2.08. The minimum Gasteiger partial charge on any atom is -0.479 e. The van der Waals surface area contributed by atoms with Crippen LogP contribution in [0.15, 0.2) is 24.3 Å². The third kappa shape index (κ3) is 7.75. The summed E-state index contributed by atoms with van der Waals surface area (Å²) in [7, 11) is 0. The van der Waals surface area contributed by atoms with Crippen LogP contribution >= 0.6 is 0 Å². The molecule has 1 aliphatic heterocycles. The van der Waals surface area contributed by atoms with Crippen molar-refractivity contribution in [3.8, 4) is 5.75 Å². The first-order valence-corrected chi connectivity index (χ1v) is 7.98. The van der Waals surface area contributed by atoms with Crippen molar-refractivity contribution in [2.45, 2.75) is 45.3 Å². The molecule has 138 valence electrons. The molecule has 1 unspecified atom stereocenters. The highest BCUT2D eigenvalue weighted by atomic mass is 16.6. The number of hydrogen-bond acceptors (Lipinski definition) is 7. The average molecular weight is 352 g/mol. The Morgan fingerprint density at radius 2 is 2.08 bits per heavy atom. The van der Waals surface area contributed by atoms with E-state index in [2.05, 4.69) is 10.1 Å². The maximum absolute atomic E-state index is 11.7. The molecule has 1 aromatic rings. The molecule has 1 N–H and O–H groups in total. The lowest BCUT2D eigenvalue weighted by molar-refractivity contribution is -0.385. The second-order valence-electron chi connectivity index (χ2n) is 6.46. The van der Waals surface area contributed by atoms with Crippen LogP contribution in [0.1, 0.15) is 33.6 Å². The van der Waals surface area contributed by atoms with Gasteiger partial charge in [-0.1, -0.05) is 12.1 Å². The van der Waals surface area contributed by atoms with Crippen LogP contribution in [0, 0.1) is 10.1 Å². The van der Waals surface area contributed by atoms with Gasteiger partial charge < -0.3 is 14.8 Å². The standard InChI is InChI=1S/C12H14N2O4.C5H10O2/c15-11(9-4-3-7-13-9)8-18-12-6-2-1-5-10(12)14(16)17;1-5(2,3)7-4-6/h1-2,5-6,9,13H,3-4,7-8H2;4H,1-3H3. The van der Waals surface area contributed by atoms with Crippen molar-refractivity contribution in [1.29, 1.82) is 0 Å². The molecule has 1 aliphatic rings. The summed E-state index contributed by atoms with van der Waals surface area (Å²) in [5.74, 6) is 0.0690. The number of rotatable bonds is 6. The molecule has 1 heterocycles. The van der Waals surface area contributed by atoms with Crippen LogP contribution in [0.25, 0.3) is 0 Å². The fraction of sp³-hybridized carbons (Fsp3) is 0.529. The number of nitro groups is 1. The maximum atomic E-state index is 11.7. The van der Waals surface area contributed by atoms with Gasteiger partial charge in [0.1, 0.15) is 12.2 Å². The predicted octanol–water partition coefficient (Wildman–Crippen LogP) is 2.25. The quantitative estimate of drug-likeness (QED) is 0.475. The largest absolute Gasteiger partial charge is 0.479 e. The molecule has 8 heteroatoms. The van der Waals surface area contributed by atoms with E-state index in [0.717, 1.165) is 19.4 Å². The zero-order chi connectivity index (χ0) is 18.9. The minimum atomic E-state index is -0.520. The van der Waals surface area contributed by atoms with E-state index >= 15 is 0 Å². The van der Waals surface area contributed by atoms with Crippen LogP contribution < -0.4 is 10.1 Å². The smallest absolute Gasteiger partial charge is 0.310 e. The van der Waals surface area contributed by atoms with Crippen molar-refractivity contribution in [3.05, 3.63) is 34.4 Å². The highest BCUT2D eigenvalue weighted by Gasteiger charge is 2.23. The Bertz CT molecular complexity index is 591. The third-order valence-corrected chi connectivity index (χ3v) is 3.28. The van der Waals surface area contributed by atoms with Gasteiger partial charge >= 0.3 is 5.69 Å². The summed E-state index contributed by atoms with van der Waals surface area (Å²) in [5.41, 5.74) is -0.438. The van der Waals surface area contributed by atoms with E-state index < -0.39 is 4.92 Å². The number of nitro benzene ring substituents is 1. The van der Waals surface area contributed by atoms with E-state index in [4.69, 9.17) is 4.74 Å².